The molecule has 7 heteroatoms. The van der Waals surface area contributed by atoms with Crippen molar-refractivity contribution < 1.29 is 9.59 Å². The van der Waals surface area contributed by atoms with Crippen LogP contribution >= 0.6 is 0 Å². The average molecular weight is 349 g/mol. The third-order valence-electron chi connectivity index (χ3n) is 4.63. The van der Waals surface area contributed by atoms with Crippen molar-refractivity contribution in [3.63, 3.8) is 0 Å². The van der Waals surface area contributed by atoms with Gasteiger partial charge in [0.25, 0.3) is 5.91 Å². The zero-order valence-corrected chi connectivity index (χ0v) is 14.7. The van der Waals surface area contributed by atoms with Gasteiger partial charge in [-0.2, -0.15) is 0 Å². The van der Waals surface area contributed by atoms with Crippen LogP contribution in [0.4, 0.5) is 5.69 Å². The number of amides is 2. The maximum atomic E-state index is 13.0. The molecule has 1 aromatic carbocycles. The SMILES string of the molecule is Cc1ccc(N2CCN(C(=O)c3c(C)nc4ncccn34)CC2=O)cc1. The van der Waals surface area contributed by atoms with Crippen LogP contribution in [0.1, 0.15) is 21.7 Å². The summed E-state index contributed by atoms with van der Waals surface area (Å²) in [6.07, 6.45) is 3.40. The number of carbonyl (C=O) groups excluding carboxylic acids is 2. The Hall–Kier alpha value is -3.22. The maximum Gasteiger partial charge on any atom is 0.273 e. The Morgan fingerprint density at radius 3 is 2.62 bits per heavy atom. The topological polar surface area (TPSA) is 70.8 Å². The highest BCUT2D eigenvalue weighted by Gasteiger charge is 2.31. The molecule has 7 nitrogen and oxygen atoms in total. The fraction of sp³-hybridized carbons (Fsp3) is 0.263. The van der Waals surface area contributed by atoms with Gasteiger partial charge in [-0.3, -0.25) is 14.0 Å². The first-order valence-electron chi connectivity index (χ1n) is 8.50. The van der Waals surface area contributed by atoms with Gasteiger partial charge in [0, 0.05) is 31.2 Å². The molecular formula is C19H19N5O2. The highest BCUT2D eigenvalue weighted by atomic mass is 16.2. The number of benzene rings is 1. The molecule has 0 unspecified atom stereocenters. The largest absolute Gasteiger partial charge is 0.326 e. The van der Waals surface area contributed by atoms with E-state index in [9.17, 15) is 9.59 Å². The van der Waals surface area contributed by atoms with E-state index in [2.05, 4.69) is 9.97 Å². The number of aryl methyl sites for hydroxylation is 2. The van der Waals surface area contributed by atoms with E-state index in [4.69, 9.17) is 0 Å². The molecule has 26 heavy (non-hydrogen) atoms. The van der Waals surface area contributed by atoms with E-state index in [1.807, 2.05) is 31.2 Å². The number of anilines is 1. The Morgan fingerprint density at radius 2 is 1.88 bits per heavy atom. The minimum absolute atomic E-state index is 0.0552. The maximum absolute atomic E-state index is 13.0. The zero-order valence-electron chi connectivity index (χ0n) is 14.7. The number of hydrogen-bond acceptors (Lipinski definition) is 4. The molecule has 1 aliphatic rings. The van der Waals surface area contributed by atoms with E-state index < -0.39 is 0 Å². The lowest BCUT2D eigenvalue weighted by Gasteiger charge is -2.34. The molecule has 2 aromatic heterocycles. The Bertz CT molecular complexity index is 993. The Kier molecular flexibility index (Phi) is 3.91. The Balaban J connectivity index is 1.57. The number of nitrogens with zero attached hydrogens (tertiary/aromatic N) is 5. The lowest BCUT2D eigenvalue weighted by Crippen LogP contribution is -2.52. The summed E-state index contributed by atoms with van der Waals surface area (Å²) in [4.78, 5) is 37.4. The van der Waals surface area contributed by atoms with Crippen molar-refractivity contribution >= 4 is 23.3 Å². The second-order valence-corrected chi connectivity index (χ2v) is 6.44. The number of imidazole rings is 1. The molecule has 0 aliphatic carbocycles. The molecule has 0 spiro atoms. The number of aromatic nitrogens is 3. The van der Waals surface area contributed by atoms with E-state index in [-0.39, 0.29) is 18.4 Å². The molecule has 4 rings (SSSR count). The standard InChI is InChI=1S/C19H19N5O2/c1-13-4-6-15(7-5-13)23-11-10-22(12-16(23)25)18(26)17-14(2)21-19-20-8-3-9-24(17)19/h3-9H,10-12H2,1-2H3. The fourth-order valence-corrected chi connectivity index (χ4v) is 3.25. The van der Waals surface area contributed by atoms with E-state index in [0.717, 1.165) is 11.3 Å². The van der Waals surface area contributed by atoms with Crippen LogP contribution in [0.25, 0.3) is 5.78 Å². The molecule has 132 valence electrons. The molecule has 1 aliphatic heterocycles. The van der Waals surface area contributed by atoms with Gasteiger partial charge in [0.05, 0.1) is 5.69 Å². The predicted molar refractivity (Wildman–Crippen MR) is 97.2 cm³/mol. The molecule has 0 atom stereocenters. The molecule has 0 N–H and O–H groups in total. The summed E-state index contributed by atoms with van der Waals surface area (Å²) in [6, 6.07) is 9.59. The molecule has 3 aromatic rings. The van der Waals surface area contributed by atoms with Crippen molar-refractivity contribution in [1.29, 1.82) is 0 Å². The van der Waals surface area contributed by atoms with Gasteiger partial charge in [-0.15, -0.1) is 0 Å². The summed E-state index contributed by atoms with van der Waals surface area (Å²) in [6.45, 7) is 4.80. The molecular weight excluding hydrogens is 330 g/mol. The predicted octanol–water partition coefficient (Wildman–Crippen LogP) is 1.84. The first-order chi connectivity index (χ1) is 12.5. The van der Waals surface area contributed by atoms with Gasteiger partial charge in [0.15, 0.2) is 0 Å². The van der Waals surface area contributed by atoms with Crippen LogP contribution in [0.3, 0.4) is 0 Å². The minimum atomic E-state index is -0.195. The Labute approximate surface area is 150 Å². The smallest absolute Gasteiger partial charge is 0.273 e. The van der Waals surface area contributed by atoms with Crippen LogP contribution in [-0.4, -0.2) is 50.7 Å². The van der Waals surface area contributed by atoms with Crippen molar-refractivity contribution in [1.82, 2.24) is 19.3 Å². The van der Waals surface area contributed by atoms with Crippen LogP contribution < -0.4 is 4.90 Å². The van der Waals surface area contributed by atoms with Gasteiger partial charge in [-0.25, -0.2) is 9.97 Å². The molecule has 1 fully saturated rings. The summed E-state index contributed by atoms with van der Waals surface area (Å²) in [7, 11) is 0. The lowest BCUT2D eigenvalue weighted by atomic mass is 10.2. The van der Waals surface area contributed by atoms with Gasteiger partial charge in [-0.05, 0) is 32.0 Å². The molecule has 1 saturated heterocycles. The molecule has 0 saturated carbocycles. The van der Waals surface area contributed by atoms with Gasteiger partial charge in [0.1, 0.15) is 12.2 Å². The van der Waals surface area contributed by atoms with Crippen molar-refractivity contribution in [2.24, 2.45) is 0 Å². The molecule has 0 bridgehead atoms. The van der Waals surface area contributed by atoms with E-state index in [0.29, 0.717) is 30.3 Å². The van der Waals surface area contributed by atoms with E-state index >= 15 is 0 Å². The van der Waals surface area contributed by atoms with Crippen LogP contribution in [0.2, 0.25) is 0 Å². The van der Waals surface area contributed by atoms with Gasteiger partial charge >= 0.3 is 0 Å². The van der Waals surface area contributed by atoms with Gasteiger partial charge < -0.3 is 9.80 Å². The van der Waals surface area contributed by atoms with Crippen LogP contribution in [0, 0.1) is 13.8 Å². The van der Waals surface area contributed by atoms with Crippen molar-refractivity contribution in [2.75, 3.05) is 24.5 Å². The Morgan fingerprint density at radius 1 is 1.12 bits per heavy atom. The number of hydrogen-bond donors (Lipinski definition) is 0. The second-order valence-electron chi connectivity index (χ2n) is 6.44. The van der Waals surface area contributed by atoms with Crippen LogP contribution in [0.15, 0.2) is 42.7 Å². The molecule has 0 radical (unpaired) electrons. The summed E-state index contributed by atoms with van der Waals surface area (Å²) in [5.41, 5.74) is 3.08. The zero-order chi connectivity index (χ0) is 18.3. The number of piperazine rings is 1. The molecule has 3 heterocycles. The summed E-state index contributed by atoms with van der Waals surface area (Å²) < 4.78 is 1.68. The summed E-state index contributed by atoms with van der Waals surface area (Å²) >= 11 is 0. The van der Waals surface area contributed by atoms with Crippen molar-refractivity contribution in [2.45, 2.75) is 13.8 Å². The third-order valence-corrected chi connectivity index (χ3v) is 4.63. The average Bonchev–Trinajstić information content (AvgIpc) is 2.97. The third kappa shape index (κ3) is 2.71. The summed E-state index contributed by atoms with van der Waals surface area (Å²) in [5.74, 6) is 0.205. The monoisotopic (exact) mass is 349 g/mol. The first-order valence-corrected chi connectivity index (χ1v) is 8.50. The van der Waals surface area contributed by atoms with Gasteiger partial charge in [0.2, 0.25) is 11.7 Å². The number of fused-ring (bicyclic) bond motifs is 1. The molecule has 2 amide bonds. The highest BCUT2D eigenvalue weighted by Crippen LogP contribution is 2.20. The van der Waals surface area contributed by atoms with Crippen molar-refractivity contribution in [3.05, 3.63) is 59.7 Å². The highest BCUT2D eigenvalue weighted by molar-refractivity contribution is 6.01. The quantitative estimate of drug-likeness (QED) is 0.708. The number of rotatable bonds is 2. The number of carbonyl (C=O) groups is 2. The van der Waals surface area contributed by atoms with Crippen molar-refractivity contribution in [3.8, 4) is 0 Å². The summed E-state index contributed by atoms with van der Waals surface area (Å²) in [5, 5.41) is 0. The van der Waals surface area contributed by atoms with E-state index in [1.54, 1.807) is 39.6 Å². The first kappa shape index (κ1) is 16.3. The van der Waals surface area contributed by atoms with Gasteiger partial charge in [-0.1, -0.05) is 17.7 Å². The fourth-order valence-electron chi connectivity index (χ4n) is 3.25. The van der Waals surface area contributed by atoms with Crippen LogP contribution in [0.5, 0.6) is 0 Å². The second kappa shape index (κ2) is 6.25. The lowest BCUT2D eigenvalue weighted by molar-refractivity contribution is -0.120. The normalized spacial score (nSPS) is 14.9. The van der Waals surface area contributed by atoms with Crippen LogP contribution in [-0.2, 0) is 4.79 Å². The minimum Gasteiger partial charge on any atom is -0.326 e. The van der Waals surface area contributed by atoms with E-state index in [1.165, 1.54) is 0 Å².